The SMILES string of the molecule is O=C(OC(=O)OC1CCC1)OC1CCC1. The highest BCUT2D eigenvalue weighted by atomic mass is 16.8. The van der Waals surface area contributed by atoms with Crippen molar-refractivity contribution in [3.05, 3.63) is 0 Å². The summed E-state index contributed by atoms with van der Waals surface area (Å²) in [7, 11) is 0. The Morgan fingerprint density at radius 3 is 1.47 bits per heavy atom. The van der Waals surface area contributed by atoms with E-state index in [1.807, 2.05) is 0 Å². The van der Waals surface area contributed by atoms with Gasteiger partial charge in [0.1, 0.15) is 12.2 Å². The van der Waals surface area contributed by atoms with Crippen LogP contribution in [0.1, 0.15) is 38.5 Å². The summed E-state index contributed by atoms with van der Waals surface area (Å²) in [6.45, 7) is 0. The smallest absolute Gasteiger partial charge is 0.431 e. The Morgan fingerprint density at radius 2 is 1.20 bits per heavy atom. The molecule has 2 saturated carbocycles. The Hall–Kier alpha value is -1.26. The second kappa shape index (κ2) is 4.51. The Kier molecular flexibility index (Phi) is 3.08. The van der Waals surface area contributed by atoms with Gasteiger partial charge in [-0.05, 0) is 38.5 Å². The van der Waals surface area contributed by atoms with Crippen LogP contribution in [0.4, 0.5) is 9.59 Å². The normalized spacial score (nSPS) is 21.1. The molecule has 0 spiro atoms. The van der Waals surface area contributed by atoms with Crippen molar-refractivity contribution in [3.63, 3.8) is 0 Å². The Labute approximate surface area is 87.7 Å². The summed E-state index contributed by atoms with van der Waals surface area (Å²) in [5, 5.41) is 0. The summed E-state index contributed by atoms with van der Waals surface area (Å²) in [4.78, 5) is 22.0. The number of ether oxygens (including phenoxy) is 3. The van der Waals surface area contributed by atoms with Crippen molar-refractivity contribution < 1.29 is 23.8 Å². The lowest BCUT2D eigenvalue weighted by Gasteiger charge is -2.25. The average Bonchev–Trinajstić information content (AvgIpc) is 2.05. The largest absolute Gasteiger partial charge is 0.518 e. The molecule has 0 saturated heterocycles. The van der Waals surface area contributed by atoms with Crippen molar-refractivity contribution in [2.75, 3.05) is 0 Å². The van der Waals surface area contributed by atoms with Gasteiger partial charge in [0.25, 0.3) is 0 Å². The highest BCUT2D eigenvalue weighted by Crippen LogP contribution is 2.24. The minimum atomic E-state index is -0.941. The van der Waals surface area contributed by atoms with Crippen LogP contribution in [-0.4, -0.2) is 24.5 Å². The van der Waals surface area contributed by atoms with Crippen LogP contribution in [0.5, 0.6) is 0 Å². The van der Waals surface area contributed by atoms with Crippen LogP contribution < -0.4 is 0 Å². The highest BCUT2D eigenvalue weighted by molar-refractivity contribution is 5.77. The van der Waals surface area contributed by atoms with Crippen molar-refractivity contribution in [3.8, 4) is 0 Å². The lowest BCUT2D eigenvalue weighted by molar-refractivity contribution is -0.0251. The molecule has 2 rings (SSSR count). The molecule has 84 valence electrons. The van der Waals surface area contributed by atoms with Gasteiger partial charge in [0.15, 0.2) is 0 Å². The van der Waals surface area contributed by atoms with Crippen molar-refractivity contribution in [2.45, 2.75) is 50.7 Å². The van der Waals surface area contributed by atoms with E-state index in [0.29, 0.717) is 0 Å². The van der Waals surface area contributed by atoms with E-state index in [0.717, 1.165) is 38.5 Å². The quantitative estimate of drug-likeness (QED) is 0.521. The molecule has 5 nitrogen and oxygen atoms in total. The fourth-order valence-corrected chi connectivity index (χ4v) is 1.37. The molecule has 15 heavy (non-hydrogen) atoms. The van der Waals surface area contributed by atoms with Gasteiger partial charge in [-0.2, -0.15) is 0 Å². The molecule has 5 heteroatoms. The van der Waals surface area contributed by atoms with Crippen LogP contribution in [0.25, 0.3) is 0 Å². The van der Waals surface area contributed by atoms with E-state index in [2.05, 4.69) is 4.74 Å². The monoisotopic (exact) mass is 214 g/mol. The van der Waals surface area contributed by atoms with E-state index < -0.39 is 12.3 Å². The molecule has 0 aromatic carbocycles. The Morgan fingerprint density at radius 1 is 0.800 bits per heavy atom. The molecule has 0 radical (unpaired) electrons. The molecule has 2 aliphatic carbocycles. The Bertz CT molecular complexity index is 229. The van der Waals surface area contributed by atoms with Gasteiger partial charge in [-0.3, -0.25) is 0 Å². The van der Waals surface area contributed by atoms with E-state index in [9.17, 15) is 9.59 Å². The minimum Gasteiger partial charge on any atom is -0.431 e. The van der Waals surface area contributed by atoms with E-state index >= 15 is 0 Å². The van der Waals surface area contributed by atoms with Gasteiger partial charge in [-0.1, -0.05) is 0 Å². The third-order valence-corrected chi connectivity index (χ3v) is 2.80. The lowest BCUT2D eigenvalue weighted by atomic mass is 9.96. The summed E-state index contributed by atoms with van der Waals surface area (Å²) in [6.07, 6.45) is 3.50. The molecule has 0 atom stereocenters. The number of hydrogen-bond acceptors (Lipinski definition) is 5. The van der Waals surface area contributed by atoms with Gasteiger partial charge < -0.3 is 14.2 Å². The number of hydrogen-bond donors (Lipinski definition) is 0. The summed E-state index contributed by atoms with van der Waals surface area (Å²) < 4.78 is 14.0. The van der Waals surface area contributed by atoms with Crippen LogP contribution in [0.3, 0.4) is 0 Å². The first-order chi connectivity index (χ1) is 7.24. The molecule has 0 heterocycles. The Balaban J connectivity index is 1.61. The van der Waals surface area contributed by atoms with E-state index in [1.165, 1.54) is 0 Å². The van der Waals surface area contributed by atoms with Gasteiger partial charge in [-0.25, -0.2) is 9.59 Å². The van der Waals surface area contributed by atoms with Crippen LogP contribution >= 0.6 is 0 Å². The van der Waals surface area contributed by atoms with Gasteiger partial charge in [0, 0.05) is 0 Å². The zero-order valence-corrected chi connectivity index (χ0v) is 8.44. The zero-order chi connectivity index (χ0) is 10.7. The molecule has 0 unspecified atom stereocenters. The lowest BCUT2D eigenvalue weighted by Crippen LogP contribution is -2.30. The van der Waals surface area contributed by atoms with E-state index in [4.69, 9.17) is 9.47 Å². The molecule has 0 N–H and O–H groups in total. The van der Waals surface area contributed by atoms with Crippen molar-refractivity contribution in [1.29, 1.82) is 0 Å². The van der Waals surface area contributed by atoms with Crippen molar-refractivity contribution in [1.82, 2.24) is 0 Å². The summed E-state index contributed by atoms with van der Waals surface area (Å²) in [5.41, 5.74) is 0. The first-order valence-corrected chi connectivity index (χ1v) is 5.33. The maximum absolute atomic E-state index is 11.0. The van der Waals surface area contributed by atoms with Gasteiger partial charge in [0.2, 0.25) is 0 Å². The number of carbonyl (C=O) groups excluding carboxylic acids is 2. The van der Waals surface area contributed by atoms with Gasteiger partial charge in [0.05, 0.1) is 0 Å². The minimum absolute atomic E-state index is 0.0750. The van der Waals surface area contributed by atoms with Gasteiger partial charge in [-0.15, -0.1) is 0 Å². The first-order valence-electron chi connectivity index (χ1n) is 5.33. The maximum Gasteiger partial charge on any atom is 0.518 e. The van der Waals surface area contributed by atoms with E-state index in [1.54, 1.807) is 0 Å². The number of carbonyl (C=O) groups is 2. The fourth-order valence-electron chi connectivity index (χ4n) is 1.37. The maximum atomic E-state index is 11.0. The first kappa shape index (κ1) is 10.3. The molecule has 0 aromatic rings. The van der Waals surface area contributed by atoms with Crippen LogP contribution in [0.15, 0.2) is 0 Å². The molecule has 0 aliphatic heterocycles. The van der Waals surface area contributed by atoms with E-state index in [-0.39, 0.29) is 12.2 Å². The molecule has 2 aliphatic rings. The standard InChI is InChI=1S/C10H14O5/c11-9(13-7-3-1-4-7)15-10(12)14-8-5-2-6-8/h7-8H,1-6H2. The van der Waals surface area contributed by atoms with Crippen molar-refractivity contribution in [2.24, 2.45) is 0 Å². The third kappa shape index (κ3) is 2.84. The summed E-state index contributed by atoms with van der Waals surface area (Å²) in [5.74, 6) is 0. The van der Waals surface area contributed by atoms with Crippen LogP contribution in [-0.2, 0) is 14.2 Å². The average molecular weight is 214 g/mol. The fraction of sp³-hybridized carbons (Fsp3) is 0.800. The third-order valence-electron chi connectivity index (χ3n) is 2.80. The molecule has 0 amide bonds. The number of rotatable bonds is 2. The molecule has 0 bridgehead atoms. The predicted octanol–water partition coefficient (Wildman–Crippen LogP) is 2.38. The van der Waals surface area contributed by atoms with Crippen LogP contribution in [0.2, 0.25) is 0 Å². The second-order valence-electron chi connectivity index (χ2n) is 3.94. The zero-order valence-electron chi connectivity index (χ0n) is 8.44. The summed E-state index contributed by atoms with van der Waals surface area (Å²) >= 11 is 0. The molecule has 0 aromatic heterocycles. The van der Waals surface area contributed by atoms with Gasteiger partial charge >= 0.3 is 12.3 Å². The second-order valence-corrected chi connectivity index (χ2v) is 3.94. The summed E-state index contributed by atoms with van der Waals surface area (Å²) in [6, 6.07) is 0. The molecule has 2 fully saturated rings. The highest BCUT2D eigenvalue weighted by Gasteiger charge is 2.27. The van der Waals surface area contributed by atoms with Crippen molar-refractivity contribution >= 4 is 12.3 Å². The van der Waals surface area contributed by atoms with Crippen LogP contribution in [0, 0.1) is 0 Å². The predicted molar refractivity (Wildman–Crippen MR) is 49.3 cm³/mol. The molecular weight excluding hydrogens is 200 g/mol. The molecular formula is C10H14O5. The topological polar surface area (TPSA) is 61.8 Å².